The first-order chi connectivity index (χ1) is 25.8. The molecule has 55 heavy (non-hydrogen) atoms. The van der Waals surface area contributed by atoms with Gasteiger partial charge in [-0.3, -0.25) is 18.7 Å². The van der Waals surface area contributed by atoms with Gasteiger partial charge >= 0.3 is 41.5 Å². The third-order valence-corrected chi connectivity index (χ3v) is 13.4. The zero-order valence-corrected chi connectivity index (χ0v) is 34.4. The largest absolute Gasteiger partial charge is 1.00 e. The molecule has 8 aliphatic carbocycles. The summed E-state index contributed by atoms with van der Waals surface area (Å²) in [4.78, 5) is 23.7. The van der Waals surface area contributed by atoms with E-state index in [1.807, 2.05) is 69.8 Å². The molecule has 4 aromatic rings. The number of aliphatic carboxylic acids is 1. The summed E-state index contributed by atoms with van der Waals surface area (Å²) in [6.07, 6.45) is 15.3. The van der Waals surface area contributed by atoms with Gasteiger partial charge in [0.2, 0.25) is 0 Å². The van der Waals surface area contributed by atoms with E-state index in [0.717, 1.165) is 90.5 Å². The van der Waals surface area contributed by atoms with Crippen LogP contribution in [0.2, 0.25) is 0 Å². The predicted molar refractivity (Wildman–Crippen MR) is 200 cm³/mol. The minimum absolute atomic E-state index is 0. The van der Waals surface area contributed by atoms with Crippen molar-refractivity contribution in [2.45, 2.75) is 101 Å². The Morgan fingerprint density at radius 3 is 1.25 bits per heavy atom. The average Bonchev–Trinajstić information content (AvgIpc) is 3.77. The van der Waals surface area contributed by atoms with E-state index < -0.39 is 5.97 Å². The molecular weight excluding hydrogens is 707 g/mol. The van der Waals surface area contributed by atoms with Gasteiger partial charge in [0.1, 0.15) is 24.7 Å². The van der Waals surface area contributed by atoms with E-state index in [1.54, 1.807) is 0 Å². The standard InChI is InChI=1S/C21H25N3O2.C20H23N3O2.CH4O.Na.H2O/c1-26-18(25)13-24-19(17-5-3-2-4-6-17)22-23-20(24)21-10-14-7-15(11-21)9-16(8-14)12-21;24-17(25)12-23-18(16-4-2-1-3-5-16)21-22-19(23)20-9-13-6-14(10-20)8-15(7-13)11-20;1-2;;/h2-6,14-16H,7-13H2,1H3;1-5,13-15H,6-12H2,(H,24,25);2H,1H3;;1H2/q;;;+1;/p-1. The van der Waals surface area contributed by atoms with Crippen molar-refractivity contribution in [3.05, 3.63) is 72.3 Å². The van der Waals surface area contributed by atoms with E-state index in [4.69, 9.17) is 9.84 Å². The molecule has 3 N–H and O–H groups in total. The van der Waals surface area contributed by atoms with Crippen LogP contribution in [0.5, 0.6) is 0 Å². The second-order valence-electron chi connectivity index (χ2n) is 17.0. The number of carbonyl (C=O) groups excluding carboxylic acids is 1. The van der Waals surface area contributed by atoms with Gasteiger partial charge in [0.25, 0.3) is 0 Å². The first kappa shape index (κ1) is 41.2. The van der Waals surface area contributed by atoms with Crippen LogP contribution in [-0.2, 0) is 38.2 Å². The number of carboxylic acid groups (broad SMARTS) is 1. The SMILES string of the molecule is CO.COC(=O)Cn1c(-c2ccccc2)nnc1C12CC3CC(CC(C3)C1)C2.O=C(O)Cn1c(-c2ccccc2)nnc1C12CC3CC(CC(C3)C1)C2.[Na+].[OH-]. The van der Waals surface area contributed by atoms with Crippen molar-refractivity contribution in [3.8, 4) is 22.8 Å². The maximum absolute atomic E-state index is 12.1. The van der Waals surface area contributed by atoms with Crippen LogP contribution in [0.1, 0.15) is 88.7 Å². The Hall–Kier alpha value is -3.42. The van der Waals surface area contributed by atoms with Crippen LogP contribution in [-0.4, -0.2) is 71.4 Å². The van der Waals surface area contributed by atoms with Crippen molar-refractivity contribution >= 4 is 11.9 Å². The van der Waals surface area contributed by atoms with Crippen molar-refractivity contribution in [2.24, 2.45) is 35.5 Å². The topological polar surface area (TPSA) is 175 Å². The number of hydrogen-bond acceptors (Lipinski definition) is 9. The van der Waals surface area contributed by atoms with Gasteiger partial charge in [-0.1, -0.05) is 60.7 Å². The van der Waals surface area contributed by atoms with E-state index in [1.165, 1.54) is 64.9 Å². The molecule has 2 aromatic heterocycles. The molecule has 8 saturated carbocycles. The summed E-state index contributed by atoms with van der Waals surface area (Å²) in [5, 5.41) is 34.7. The van der Waals surface area contributed by atoms with Gasteiger partial charge in [-0.2, -0.15) is 0 Å². The zero-order valence-electron chi connectivity index (χ0n) is 32.4. The number of aromatic nitrogens is 6. The molecule has 0 aliphatic heterocycles. The van der Waals surface area contributed by atoms with Crippen LogP contribution in [0.4, 0.5) is 0 Å². The van der Waals surface area contributed by atoms with Crippen LogP contribution in [0.15, 0.2) is 60.7 Å². The number of hydrogen-bond donors (Lipinski definition) is 2. The summed E-state index contributed by atoms with van der Waals surface area (Å²) in [7, 11) is 2.44. The quantitative estimate of drug-likeness (QED) is 0.200. The van der Waals surface area contributed by atoms with Crippen LogP contribution in [0.25, 0.3) is 22.8 Å². The van der Waals surface area contributed by atoms with E-state index in [0.29, 0.717) is 5.82 Å². The van der Waals surface area contributed by atoms with Gasteiger partial charge in [-0.05, 0) is 113 Å². The molecule has 288 valence electrons. The molecule has 8 aliphatic rings. The fourth-order valence-corrected chi connectivity index (χ4v) is 12.4. The second-order valence-corrected chi connectivity index (χ2v) is 17.0. The van der Waals surface area contributed by atoms with Crippen LogP contribution < -0.4 is 29.6 Å². The molecule has 13 heteroatoms. The van der Waals surface area contributed by atoms with Crippen LogP contribution in [0, 0.1) is 35.5 Å². The Balaban J connectivity index is 0.000000173. The Morgan fingerprint density at radius 1 is 0.618 bits per heavy atom. The normalized spacial score (nSPS) is 30.2. The molecule has 0 amide bonds. The van der Waals surface area contributed by atoms with Crippen molar-refractivity contribution in [3.63, 3.8) is 0 Å². The molecule has 8 fully saturated rings. The summed E-state index contributed by atoms with van der Waals surface area (Å²) < 4.78 is 8.89. The molecule has 8 bridgehead atoms. The van der Waals surface area contributed by atoms with Gasteiger partial charge < -0.3 is 20.4 Å². The number of esters is 1. The number of rotatable bonds is 8. The molecule has 0 radical (unpaired) electrons. The number of carbonyl (C=O) groups is 2. The number of nitrogens with zero attached hydrogens (tertiary/aromatic N) is 6. The maximum atomic E-state index is 12.1. The Kier molecular flexibility index (Phi) is 12.7. The number of aliphatic hydroxyl groups excluding tert-OH is 1. The minimum atomic E-state index is -0.831. The van der Waals surface area contributed by atoms with Gasteiger partial charge in [0.15, 0.2) is 11.6 Å². The summed E-state index contributed by atoms with van der Waals surface area (Å²) in [6, 6.07) is 19.9. The van der Waals surface area contributed by atoms with Crippen molar-refractivity contribution in [2.75, 3.05) is 14.2 Å². The summed E-state index contributed by atoms with van der Waals surface area (Å²) >= 11 is 0. The second kappa shape index (κ2) is 17.0. The van der Waals surface area contributed by atoms with Crippen molar-refractivity contribution in [1.82, 2.24) is 29.5 Å². The van der Waals surface area contributed by atoms with E-state index in [2.05, 4.69) is 20.4 Å². The Labute approximate surface area is 345 Å². The van der Waals surface area contributed by atoms with E-state index in [9.17, 15) is 14.7 Å². The third kappa shape index (κ3) is 7.94. The number of aliphatic hydroxyl groups is 1. The average molecular weight is 761 g/mol. The van der Waals surface area contributed by atoms with Crippen LogP contribution in [0.3, 0.4) is 0 Å². The van der Waals surface area contributed by atoms with Crippen LogP contribution >= 0.6 is 0 Å². The van der Waals surface area contributed by atoms with Gasteiger partial charge in [-0.25, -0.2) is 0 Å². The molecule has 0 spiro atoms. The fraction of sp³-hybridized carbons (Fsp3) is 0.571. The van der Waals surface area contributed by atoms with Crippen molar-refractivity contribution in [1.29, 1.82) is 0 Å². The molecule has 12 rings (SSSR count). The third-order valence-electron chi connectivity index (χ3n) is 13.4. The first-order valence-electron chi connectivity index (χ1n) is 19.5. The maximum Gasteiger partial charge on any atom is 1.00 e. The van der Waals surface area contributed by atoms with Gasteiger partial charge in [0.05, 0.1) is 7.11 Å². The molecule has 2 heterocycles. The van der Waals surface area contributed by atoms with Gasteiger partial charge in [-0.15, -0.1) is 20.4 Å². The monoisotopic (exact) mass is 760 g/mol. The summed E-state index contributed by atoms with van der Waals surface area (Å²) in [6.45, 7) is 0.124. The number of benzene rings is 2. The zero-order chi connectivity index (χ0) is 36.7. The number of ether oxygens (including phenoxy) is 1. The smallest absolute Gasteiger partial charge is 0.870 e. The Bertz CT molecular complexity index is 1860. The van der Waals surface area contributed by atoms with E-state index >= 15 is 0 Å². The molecular formula is C42H53N6NaO6. The van der Waals surface area contributed by atoms with Gasteiger partial charge in [0, 0.05) is 29.1 Å². The Morgan fingerprint density at radius 2 is 0.945 bits per heavy atom. The molecule has 0 unspecified atom stereocenters. The minimum Gasteiger partial charge on any atom is -0.870 e. The fourth-order valence-electron chi connectivity index (χ4n) is 12.4. The predicted octanol–water partition coefficient (Wildman–Crippen LogP) is 3.52. The molecule has 0 atom stereocenters. The first-order valence-corrected chi connectivity index (χ1v) is 19.5. The van der Waals surface area contributed by atoms with E-state index in [-0.39, 0.29) is 64.9 Å². The number of carboxylic acids is 1. The molecule has 12 nitrogen and oxygen atoms in total. The molecule has 0 saturated heterocycles. The summed E-state index contributed by atoms with van der Waals surface area (Å²) in [5.41, 5.74) is 2.08. The number of methoxy groups -OCH3 is 1. The molecule has 2 aromatic carbocycles. The van der Waals surface area contributed by atoms with Crippen molar-refractivity contribution < 1.29 is 59.6 Å². The summed E-state index contributed by atoms with van der Waals surface area (Å²) in [5.74, 6) is 7.18.